The Morgan fingerprint density at radius 2 is 1.86 bits per heavy atom. The first kappa shape index (κ1) is 28.4. The van der Waals surface area contributed by atoms with Gasteiger partial charge in [0.05, 0.1) is 4.91 Å². The van der Waals surface area contributed by atoms with Gasteiger partial charge in [-0.1, -0.05) is 51.2 Å². The van der Waals surface area contributed by atoms with Crippen molar-refractivity contribution in [3.8, 4) is 6.07 Å². The lowest BCUT2D eigenvalue weighted by molar-refractivity contribution is -0.122. The third-order valence-corrected chi connectivity index (χ3v) is 8.15. The molecule has 3 heterocycles. The molecule has 3 rings (SSSR count). The minimum Gasteiger partial charge on any atom is -0.382 e. The highest BCUT2D eigenvalue weighted by molar-refractivity contribution is 8.26. The van der Waals surface area contributed by atoms with Crippen molar-refractivity contribution in [1.29, 1.82) is 5.26 Å². The van der Waals surface area contributed by atoms with E-state index in [1.165, 1.54) is 11.8 Å². The van der Waals surface area contributed by atoms with Crippen LogP contribution >= 0.6 is 24.0 Å². The van der Waals surface area contributed by atoms with Crippen LogP contribution in [0.2, 0.25) is 0 Å². The molecule has 0 bridgehead atoms. The highest BCUT2D eigenvalue weighted by atomic mass is 32.2. The summed E-state index contributed by atoms with van der Waals surface area (Å²) < 4.78 is 7.72. The third kappa shape index (κ3) is 6.21. The van der Waals surface area contributed by atoms with Crippen LogP contribution in [0.5, 0.6) is 0 Å². The smallest absolute Gasteiger partial charge is 0.270 e. The molecule has 36 heavy (non-hydrogen) atoms. The number of nitriles is 1. The predicted molar refractivity (Wildman–Crippen MR) is 151 cm³/mol. The van der Waals surface area contributed by atoms with E-state index in [1.807, 2.05) is 19.9 Å². The van der Waals surface area contributed by atoms with Gasteiger partial charge in [-0.3, -0.25) is 19.1 Å². The summed E-state index contributed by atoms with van der Waals surface area (Å²) >= 11 is 6.82. The lowest BCUT2D eigenvalue weighted by atomic mass is 9.91. The van der Waals surface area contributed by atoms with Gasteiger partial charge < -0.3 is 9.64 Å². The number of rotatable bonds is 10. The molecule has 2 aliphatic heterocycles. The topological polar surface area (TPSA) is 78.6 Å². The van der Waals surface area contributed by atoms with Gasteiger partial charge in [0.2, 0.25) is 0 Å². The fourth-order valence-corrected chi connectivity index (χ4v) is 6.43. The number of nitrogens with zero attached hydrogens (tertiary/aromatic N) is 4. The van der Waals surface area contributed by atoms with Crippen LogP contribution in [-0.2, 0) is 16.1 Å². The van der Waals surface area contributed by atoms with Crippen LogP contribution in [0.15, 0.2) is 9.70 Å². The zero-order chi connectivity index (χ0) is 26.4. The number of hydrogen-bond acceptors (Lipinski definition) is 7. The van der Waals surface area contributed by atoms with Gasteiger partial charge in [-0.05, 0) is 56.6 Å². The van der Waals surface area contributed by atoms with Crippen molar-refractivity contribution in [2.45, 2.75) is 66.8 Å². The van der Waals surface area contributed by atoms with Gasteiger partial charge in [-0.2, -0.15) is 5.26 Å². The van der Waals surface area contributed by atoms with E-state index in [4.69, 9.17) is 17.0 Å². The average molecular weight is 531 g/mol. The number of thiocarbonyl (C=S) groups is 1. The number of amides is 1. The predicted octanol–water partition coefficient (Wildman–Crippen LogP) is 4.94. The maximum Gasteiger partial charge on any atom is 0.270 e. The van der Waals surface area contributed by atoms with Gasteiger partial charge in [-0.15, -0.1) is 0 Å². The molecule has 1 aromatic rings. The Bertz CT molecular complexity index is 1110. The van der Waals surface area contributed by atoms with Gasteiger partial charge in [0, 0.05) is 45.0 Å². The second-order valence-corrected chi connectivity index (χ2v) is 11.6. The summed E-state index contributed by atoms with van der Waals surface area (Å²) in [6.45, 7) is 14.3. The van der Waals surface area contributed by atoms with Crippen molar-refractivity contribution in [2.75, 3.05) is 37.7 Å². The number of pyridine rings is 1. The summed E-state index contributed by atoms with van der Waals surface area (Å²) in [4.78, 5) is 31.2. The summed E-state index contributed by atoms with van der Waals surface area (Å²) in [6, 6.07) is 2.14. The molecule has 2 atom stereocenters. The SMILES string of the molecule is CCCCn1c(N2CC(C)CC(C)C2)c(/C=C2\SC(=S)N(CCCOCC)C2=O)c(C)c(C#N)c1=O. The number of ether oxygens (including phenoxy) is 1. The first-order valence-electron chi connectivity index (χ1n) is 13.0. The van der Waals surface area contributed by atoms with Crippen molar-refractivity contribution < 1.29 is 9.53 Å². The zero-order valence-corrected chi connectivity index (χ0v) is 23.8. The first-order valence-corrected chi connectivity index (χ1v) is 14.2. The van der Waals surface area contributed by atoms with Crippen LogP contribution in [0.4, 0.5) is 5.82 Å². The summed E-state index contributed by atoms with van der Waals surface area (Å²) in [7, 11) is 0. The van der Waals surface area contributed by atoms with E-state index in [2.05, 4.69) is 31.7 Å². The Morgan fingerprint density at radius 3 is 2.47 bits per heavy atom. The highest BCUT2D eigenvalue weighted by Crippen LogP contribution is 2.37. The van der Waals surface area contributed by atoms with Crippen molar-refractivity contribution >= 4 is 46.1 Å². The minimum absolute atomic E-state index is 0.128. The van der Waals surface area contributed by atoms with Gasteiger partial charge in [0.25, 0.3) is 11.5 Å². The fraction of sp³-hybridized carbons (Fsp3) is 0.630. The van der Waals surface area contributed by atoms with Gasteiger partial charge >= 0.3 is 0 Å². The largest absolute Gasteiger partial charge is 0.382 e. The number of aromatic nitrogens is 1. The molecule has 0 N–H and O–H groups in total. The Kier molecular flexibility index (Phi) is 10.2. The number of carbonyl (C=O) groups is 1. The number of thioether (sulfide) groups is 1. The van der Waals surface area contributed by atoms with E-state index in [-0.39, 0.29) is 17.0 Å². The van der Waals surface area contributed by atoms with Gasteiger partial charge in [0.1, 0.15) is 21.8 Å². The molecule has 0 spiro atoms. The molecule has 9 heteroatoms. The van der Waals surface area contributed by atoms with Crippen molar-refractivity contribution in [1.82, 2.24) is 9.47 Å². The normalized spacial score (nSPS) is 21.5. The molecule has 2 fully saturated rings. The Hall–Kier alpha value is -2.15. The van der Waals surface area contributed by atoms with Crippen LogP contribution in [0.1, 0.15) is 70.1 Å². The van der Waals surface area contributed by atoms with Gasteiger partial charge in [-0.25, -0.2) is 0 Å². The second-order valence-electron chi connectivity index (χ2n) is 9.89. The fourth-order valence-electron chi connectivity index (χ4n) is 5.14. The van der Waals surface area contributed by atoms with Crippen LogP contribution in [0, 0.1) is 30.1 Å². The monoisotopic (exact) mass is 530 g/mol. The molecule has 7 nitrogen and oxygen atoms in total. The quantitative estimate of drug-likeness (QED) is 0.241. The van der Waals surface area contributed by atoms with Crippen molar-refractivity contribution in [3.05, 3.63) is 31.9 Å². The van der Waals surface area contributed by atoms with E-state index in [1.54, 1.807) is 9.47 Å². The summed E-state index contributed by atoms with van der Waals surface area (Å²) in [5, 5.41) is 9.89. The molecule has 2 aliphatic rings. The van der Waals surface area contributed by atoms with Crippen LogP contribution in [0.25, 0.3) is 6.08 Å². The first-order chi connectivity index (χ1) is 17.2. The second kappa shape index (κ2) is 12.9. The Balaban J connectivity index is 2.12. The summed E-state index contributed by atoms with van der Waals surface area (Å²) in [6.07, 6.45) is 5.48. The molecule has 0 radical (unpaired) electrons. The van der Waals surface area contributed by atoms with E-state index >= 15 is 0 Å². The maximum atomic E-state index is 13.5. The zero-order valence-electron chi connectivity index (χ0n) is 22.1. The van der Waals surface area contributed by atoms with Crippen LogP contribution in [0.3, 0.4) is 0 Å². The van der Waals surface area contributed by atoms with E-state index in [0.29, 0.717) is 59.3 Å². The lowest BCUT2D eigenvalue weighted by Gasteiger charge is -2.39. The van der Waals surface area contributed by atoms with E-state index < -0.39 is 0 Å². The maximum absolute atomic E-state index is 13.5. The Labute approximate surface area is 224 Å². The molecular formula is C27H38N4O3S2. The van der Waals surface area contributed by atoms with Gasteiger partial charge in [0.15, 0.2) is 0 Å². The third-order valence-electron chi connectivity index (χ3n) is 6.77. The summed E-state index contributed by atoms with van der Waals surface area (Å²) in [5.74, 6) is 1.66. The molecule has 2 unspecified atom stereocenters. The summed E-state index contributed by atoms with van der Waals surface area (Å²) in [5.41, 5.74) is 1.30. The molecule has 0 aromatic carbocycles. The molecular weight excluding hydrogens is 492 g/mol. The molecule has 0 saturated carbocycles. The van der Waals surface area contributed by atoms with Crippen LogP contribution < -0.4 is 10.5 Å². The number of piperidine rings is 1. The standard InChI is InChI=1S/C27H38N4O3S2/c1-6-8-10-30-24(29-16-18(3)13-19(4)17-29)21(20(5)22(15-28)25(30)32)14-23-26(33)31(27(35)36-23)11-9-12-34-7-2/h14,18-19H,6-13,16-17H2,1-5H3/b23-14-. The van der Waals surface area contributed by atoms with Crippen molar-refractivity contribution in [3.63, 3.8) is 0 Å². The number of hydrogen-bond donors (Lipinski definition) is 0. The molecule has 1 aromatic heterocycles. The number of unbranched alkanes of at least 4 members (excludes halogenated alkanes) is 1. The molecule has 1 amide bonds. The molecule has 2 saturated heterocycles. The lowest BCUT2D eigenvalue weighted by Crippen LogP contribution is -2.43. The average Bonchev–Trinajstić information content (AvgIpc) is 3.09. The van der Waals surface area contributed by atoms with Crippen LogP contribution in [-0.4, -0.2) is 52.5 Å². The van der Waals surface area contributed by atoms with E-state index in [9.17, 15) is 14.9 Å². The minimum atomic E-state index is -0.245. The van der Waals surface area contributed by atoms with E-state index in [0.717, 1.165) is 43.7 Å². The molecule has 0 aliphatic carbocycles. The highest BCUT2D eigenvalue weighted by Gasteiger charge is 2.34. The Morgan fingerprint density at radius 1 is 1.17 bits per heavy atom. The number of carbonyl (C=O) groups excluding carboxylic acids is 1. The number of anilines is 1. The van der Waals surface area contributed by atoms with Crippen molar-refractivity contribution in [2.24, 2.45) is 11.8 Å². The molecule has 196 valence electrons.